The molecule has 2 amide bonds. The van der Waals surface area contributed by atoms with Gasteiger partial charge in [0.1, 0.15) is 5.58 Å². The molecule has 1 N–H and O–H groups in total. The van der Waals surface area contributed by atoms with E-state index in [2.05, 4.69) is 5.32 Å². The zero-order valence-electron chi connectivity index (χ0n) is 16.5. The Labute approximate surface area is 176 Å². The monoisotopic (exact) mass is 414 g/mol. The normalized spacial score (nSPS) is 13.1. The van der Waals surface area contributed by atoms with Gasteiger partial charge in [0, 0.05) is 24.8 Å². The molecule has 3 heterocycles. The SMILES string of the molecule is O=C(Nc1ccc2c(c1)CN(C(=O)c1ccco1)CC2)c1cc(=O)c2ccccc2o1. The molecule has 0 spiro atoms. The Balaban J connectivity index is 1.37. The molecule has 0 radical (unpaired) electrons. The molecule has 2 aromatic carbocycles. The highest BCUT2D eigenvalue weighted by Crippen LogP contribution is 2.24. The quantitative estimate of drug-likeness (QED) is 0.550. The molecule has 0 aliphatic carbocycles. The summed E-state index contributed by atoms with van der Waals surface area (Å²) in [6, 6.07) is 16.9. The van der Waals surface area contributed by atoms with E-state index in [-0.39, 0.29) is 17.1 Å². The van der Waals surface area contributed by atoms with Gasteiger partial charge in [-0.2, -0.15) is 0 Å². The summed E-state index contributed by atoms with van der Waals surface area (Å²) >= 11 is 0. The second kappa shape index (κ2) is 7.60. The minimum Gasteiger partial charge on any atom is -0.459 e. The zero-order chi connectivity index (χ0) is 21.4. The van der Waals surface area contributed by atoms with Gasteiger partial charge >= 0.3 is 0 Å². The van der Waals surface area contributed by atoms with Crippen LogP contribution in [0, 0.1) is 0 Å². The number of amides is 2. The van der Waals surface area contributed by atoms with E-state index in [1.165, 1.54) is 12.3 Å². The van der Waals surface area contributed by atoms with Crippen LogP contribution < -0.4 is 10.7 Å². The molecule has 7 nitrogen and oxygen atoms in total. The fourth-order valence-electron chi connectivity index (χ4n) is 3.77. The van der Waals surface area contributed by atoms with E-state index in [1.54, 1.807) is 47.4 Å². The van der Waals surface area contributed by atoms with Gasteiger partial charge in [0.15, 0.2) is 16.9 Å². The van der Waals surface area contributed by atoms with Crippen molar-refractivity contribution in [3.63, 3.8) is 0 Å². The van der Waals surface area contributed by atoms with E-state index in [0.29, 0.717) is 35.5 Å². The van der Waals surface area contributed by atoms with E-state index in [0.717, 1.165) is 17.5 Å². The Hall–Kier alpha value is -4.13. The molecule has 31 heavy (non-hydrogen) atoms. The van der Waals surface area contributed by atoms with Crippen LogP contribution in [-0.2, 0) is 13.0 Å². The van der Waals surface area contributed by atoms with E-state index >= 15 is 0 Å². The van der Waals surface area contributed by atoms with Gasteiger partial charge in [-0.3, -0.25) is 14.4 Å². The predicted octanol–water partition coefficient (Wildman–Crippen LogP) is 3.84. The number of hydrogen-bond donors (Lipinski definition) is 1. The van der Waals surface area contributed by atoms with Crippen LogP contribution >= 0.6 is 0 Å². The molecule has 4 aromatic rings. The van der Waals surface area contributed by atoms with Gasteiger partial charge in [-0.25, -0.2) is 0 Å². The Bertz CT molecular complexity index is 1350. The molecule has 0 atom stereocenters. The molecule has 2 aromatic heterocycles. The molecule has 0 saturated carbocycles. The number of benzene rings is 2. The second-order valence-corrected chi connectivity index (χ2v) is 7.36. The molecule has 0 fully saturated rings. The van der Waals surface area contributed by atoms with Crippen LogP contribution in [0.15, 0.2) is 80.6 Å². The van der Waals surface area contributed by atoms with Crippen LogP contribution in [-0.4, -0.2) is 23.3 Å². The number of nitrogens with zero attached hydrogens (tertiary/aromatic N) is 1. The molecule has 0 bridgehead atoms. The van der Waals surface area contributed by atoms with Crippen molar-refractivity contribution in [2.24, 2.45) is 0 Å². The first-order chi connectivity index (χ1) is 15.1. The Morgan fingerprint density at radius 3 is 2.65 bits per heavy atom. The fourth-order valence-corrected chi connectivity index (χ4v) is 3.77. The summed E-state index contributed by atoms with van der Waals surface area (Å²) in [6.45, 7) is 1.02. The molecule has 0 unspecified atom stereocenters. The molecule has 1 aliphatic heterocycles. The van der Waals surface area contributed by atoms with Crippen molar-refractivity contribution in [1.29, 1.82) is 0 Å². The predicted molar refractivity (Wildman–Crippen MR) is 114 cm³/mol. The van der Waals surface area contributed by atoms with Crippen LogP contribution in [0.2, 0.25) is 0 Å². The smallest absolute Gasteiger partial charge is 0.291 e. The van der Waals surface area contributed by atoms with E-state index in [1.807, 2.05) is 12.1 Å². The third kappa shape index (κ3) is 3.61. The van der Waals surface area contributed by atoms with Crippen molar-refractivity contribution in [2.75, 3.05) is 11.9 Å². The number of furan rings is 1. The van der Waals surface area contributed by atoms with Gasteiger partial charge in [-0.15, -0.1) is 0 Å². The lowest BCUT2D eigenvalue weighted by Gasteiger charge is -2.28. The average Bonchev–Trinajstić information content (AvgIpc) is 3.33. The number of carbonyl (C=O) groups excluding carboxylic acids is 2. The van der Waals surface area contributed by atoms with Gasteiger partial charge < -0.3 is 19.1 Å². The highest BCUT2D eigenvalue weighted by molar-refractivity contribution is 6.03. The minimum absolute atomic E-state index is 0.0592. The van der Waals surface area contributed by atoms with Crippen molar-refractivity contribution < 1.29 is 18.4 Å². The number of nitrogens with one attached hydrogen (secondary N) is 1. The van der Waals surface area contributed by atoms with Gasteiger partial charge in [0.25, 0.3) is 11.8 Å². The van der Waals surface area contributed by atoms with Gasteiger partial charge in [-0.1, -0.05) is 18.2 Å². The molecule has 5 rings (SSSR count). The summed E-state index contributed by atoms with van der Waals surface area (Å²) < 4.78 is 10.8. The van der Waals surface area contributed by atoms with E-state index in [4.69, 9.17) is 8.83 Å². The first-order valence-electron chi connectivity index (χ1n) is 9.87. The van der Waals surface area contributed by atoms with Crippen molar-refractivity contribution in [3.05, 3.63) is 99.8 Å². The summed E-state index contributed by atoms with van der Waals surface area (Å²) in [5.74, 6) is -0.430. The molecule has 1 aliphatic rings. The van der Waals surface area contributed by atoms with Crippen molar-refractivity contribution in [2.45, 2.75) is 13.0 Å². The molecule has 154 valence electrons. The maximum absolute atomic E-state index is 12.7. The summed E-state index contributed by atoms with van der Waals surface area (Å²) in [5.41, 5.74) is 2.72. The number of carbonyl (C=O) groups is 2. The van der Waals surface area contributed by atoms with Crippen LogP contribution in [0.25, 0.3) is 11.0 Å². The topological polar surface area (TPSA) is 92.8 Å². The summed E-state index contributed by atoms with van der Waals surface area (Å²) in [4.78, 5) is 39.2. The van der Waals surface area contributed by atoms with Crippen LogP contribution in [0.4, 0.5) is 5.69 Å². The van der Waals surface area contributed by atoms with E-state index in [9.17, 15) is 14.4 Å². The van der Waals surface area contributed by atoms with Crippen molar-refractivity contribution in [1.82, 2.24) is 4.90 Å². The standard InChI is InChI=1S/C24H18N2O5/c27-19-13-22(31-20-5-2-1-4-18(19)20)23(28)25-17-8-7-15-9-10-26(14-16(15)12-17)24(29)21-6-3-11-30-21/h1-8,11-13H,9-10,14H2,(H,25,28). The van der Waals surface area contributed by atoms with Crippen molar-refractivity contribution >= 4 is 28.5 Å². The number of hydrogen-bond acceptors (Lipinski definition) is 5. The van der Waals surface area contributed by atoms with Gasteiger partial charge in [0.05, 0.1) is 11.6 Å². The zero-order valence-corrected chi connectivity index (χ0v) is 16.5. The second-order valence-electron chi connectivity index (χ2n) is 7.36. The Morgan fingerprint density at radius 1 is 0.935 bits per heavy atom. The van der Waals surface area contributed by atoms with Crippen LogP contribution in [0.1, 0.15) is 32.2 Å². The first kappa shape index (κ1) is 18.9. The average molecular weight is 414 g/mol. The maximum atomic E-state index is 12.7. The Kier molecular flexibility index (Phi) is 4.63. The number of anilines is 1. The third-order valence-corrected chi connectivity index (χ3v) is 5.35. The highest BCUT2D eigenvalue weighted by Gasteiger charge is 2.24. The van der Waals surface area contributed by atoms with Gasteiger partial charge in [-0.05, 0) is 53.9 Å². The maximum Gasteiger partial charge on any atom is 0.291 e. The molecule has 7 heteroatoms. The summed E-state index contributed by atoms with van der Waals surface area (Å²) in [7, 11) is 0. The number of fused-ring (bicyclic) bond motifs is 2. The number of rotatable bonds is 3. The first-order valence-corrected chi connectivity index (χ1v) is 9.87. The lowest BCUT2D eigenvalue weighted by Crippen LogP contribution is -2.35. The van der Waals surface area contributed by atoms with Gasteiger partial charge in [0.2, 0.25) is 0 Å². The lowest BCUT2D eigenvalue weighted by molar-refractivity contribution is 0.0702. The third-order valence-electron chi connectivity index (χ3n) is 5.35. The minimum atomic E-state index is -0.512. The fraction of sp³-hybridized carbons (Fsp3) is 0.125. The summed E-state index contributed by atoms with van der Waals surface area (Å²) in [6.07, 6.45) is 2.19. The summed E-state index contributed by atoms with van der Waals surface area (Å²) in [5, 5.41) is 3.20. The highest BCUT2D eigenvalue weighted by atomic mass is 16.3. The van der Waals surface area contributed by atoms with Crippen molar-refractivity contribution in [3.8, 4) is 0 Å². The largest absolute Gasteiger partial charge is 0.459 e. The molecule has 0 saturated heterocycles. The Morgan fingerprint density at radius 2 is 1.81 bits per heavy atom. The molecular weight excluding hydrogens is 396 g/mol. The van der Waals surface area contributed by atoms with E-state index < -0.39 is 5.91 Å². The van der Waals surface area contributed by atoms with Crippen LogP contribution in [0.3, 0.4) is 0 Å². The lowest BCUT2D eigenvalue weighted by atomic mass is 9.98. The van der Waals surface area contributed by atoms with Crippen LogP contribution in [0.5, 0.6) is 0 Å². The molecular formula is C24H18N2O5. The number of para-hydroxylation sites is 1.